The second-order valence-corrected chi connectivity index (χ2v) is 8.49. The normalized spacial score (nSPS) is 12.4. The second-order valence-electron chi connectivity index (χ2n) is 7.29. The molecule has 3 heterocycles. The lowest BCUT2D eigenvalue weighted by Gasteiger charge is -2.22. The number of nitrogens with one attached hydrogen (secondary N) is 2. The summed E-state index contributed by atoms with van der Waals surface area (Å²) in [6.45, 7) is 1.84. The van der Waals surface area contributed by atoms with Crippen molar-refractivity contribution in [3.05, 3.63) is 86.0 Å². The lowest BCUT2D eigenvalue weighted by Crippen LogP contribution is -2.26. The Labute approximate surface area is 201 Å². The molecule has 0 fully saturated rings. The number of para-hydroxylation sites is 1. The molecule has 0 aliphatic heterocycles. The topological polar surface area (TPSA) is 88.5 Å². The number of nitrogens with zero attached hydrogens (tertiary/aromatic N) is 4. The molecule has 2 N–H and O–H groups in total. The summed E-state index contributed by atoms with van der Waals surface area (Å²) in [6, 6.07) is 8.89. The number of pyridine rings is 1. The molecule has 11 heteroatoms. The SMILES string of the molecule is C[C@@H](Nc1ncnc2[nH]cnc12)c1cc2ccc(F)c(Cl)c2c(=O)n1-c1c(Cl)cccc1Cl. The molecule has 7 nitrogen and oxygen atoms in total. The smallest absolute Gasteiger partial charge is 0.264 e. The number of hydrogen-bond acceptors (Lipinski definition) is 5. The Kier molecular flexibility index (Phi) is 5.44. The fraction of sp³-hybridized carbons (Fsp3) is 0.0909. The van der Waals surface area contributed by atoms with Crippen LogP contribution in [0.5, 0.6) is 0 Å². The maximum atomic E-state index is 14.2. The third kappa shape index (κ3) is 3.60. The highest BCUT2D eigenvalue weighted by Gasteiger charge is 2.23. The van der Waals surface area contributed by atoms with Crippen LogP contribution in [0.1, 0.15) is 18.7 Å². The molecule has 0 amide bonds. The largest absolute Gasteiger partial charge is 0.360 e. The monoisotopic (exact) mass is 502 g/mol. The quantitative estimate of drug-likeness (QED) is 0.317. The van der Waals surface area contributed by atoms with Crippen LogP contribution in [-0.2, 0) is 0 Å². The van der Waals surface area contributed by atoms with E-state index < -0.39 is 17.4 Å². The van der Waals surface area contributed by atoms with Gasteiger partial charge in [0.25, 0.3) is 5.56 Å². The van der Waals surface area contributed by atoms with Crippen molar-refractivity contribution in [2.75, 3.05) is 5.32 Å². The molecule has 5 rings (SSSR count). The summed E-state index contributed by atoms with van der Waals surface area (Å²) in [7, 11) is 0. The fourth-order valence-electron chi connectivity index (χ4n) is 3.76. The molecular weight excluding hydrogens is 490 g/mol. The zero-order valence-corrected chi connectivity index (χ0v) is 19.2. The van der Waals surface area contributed by atoms with Crippen LogP contribution in [0.4, 0.5) is 10.2 Å². The molecule has 0 bridgehead atoms. The summed E-state index contributed by atoms with van der Waals surface area (Å²) in [5.74, 6) is -0.228. The lowest BCUT2D eigenvalue weighted by atomic mass is 10.1. The predicted octanol–water partition coefficient (Wildman–Crippen LogP) is 5.93. The Bertz CT molecular complexity index is 1580. The Balaban J connectivity index is 1.78. The molecule has 1 atom stereocenters. The minimum absolute atomic E-state index is 0.0281. The van der Waals surface area contributed by atoms with Gasteiger partial charge < -0.3 is 10.3 Å². The van der Waals surface area contributed by atoms with Crippen LogP contribution in [0, 0.1) is 5.82 Å². The van der Waals surface area contributed by atoms with E-state index in [2.05, 4.69) is 25.3 Å². The van der Waals surface area contributed by atoms with Crippen molar-refractivity contribution in [2.24, 2.45) is 0 Å². The van der Waals surface area contributed by atoms with Crippen molar-refractivity contribution < 1.29 is 4.39 Å². The molecule has 3 aromatic heterocycles. The van der Waals surface area contributed by atoms with Gasteiger partial charge >= 0.3 is 0 Å². The average molecular weight is 504 g/mol. The van der Waals surface area contributed by atoms with E-state index in [9.17, 15) is 9.18 Å². The number of aromatic amines is 1. The number of fused-ring (bicyclic) bond motifs is 2. The average Bonchev–Trinajstić information content (AvgIpc) is 3.27. The Morgan fingerprint density at radius 3 is 2.61 bits per heavy atom. The van der Waals surface area contributed by atoms with Crippen LogP contribution < -0.4 is 10.9 Å². The van der Waals surface area contributed by atoms with E-state index >= 15 is 0 Å². The molecular formula is C22H14Cl3FN6O. The van der Waals surface area contributed by atoms with Gasteiger partial charge in [0.1, 0.15) is 17.7 Å². The summed E-state index contributed by atoms with van der Waals surface area (Å²) in [4.78, 5) is 29.3. The Hall–Kier alpha value is -3.20. The minimum atomic E-state index is -0.695. The van der Waals surface area contributed by atoms with Crippen molar-refractivity contribution in [1.82, 2.24) is 24.5 Å². The van der Waals surface area contributed by atoms with Crippen molar-refractivity contribution in [2.45, 2.75) is 13.0 Å². The summed E-state index contributed by atoms with van der Waals surface area (Å²) >= 11 is 19.1. The first-order valence-electron chi connectivity index (χ1n) is 9.75. The first kappa shape index (κ1) is 21.6. The lowest BCUT2D eigenvalue weighted by molar-refractivity contribution is 0.629. The predicted molar refractivity (Wildman–Crippen MR) is 128 cm³/mol. The van der Waals surface area contributed by atoms with Gasteiger partial charge in [-0.1, -0.05) is 46.9 Å². The van der Waals surface area contributed by atoms with E-state index in [0.717, 1.165) is 0 Å². The molecule has 0 unspecified atom stereocenters. The van der Waals surface area contributed by atoms with Crippen molar-refractivity contribution in [3.63, 3.8) is 0 Å². The molecule has 0 saturated heterocycles. The first-order valence-corrected chi connectivity index (χ1v) is 10.9. The van der Waals surface area contributed by atoms with E-state index in [-0.39, 0.29) is 26.1 Å². The summed E-state index contributed by atoms with van der Waals surface area (Å²) in [5, 5.41) is 4.01. The second kappa shape index (κ2) is 8.30. The summed E-state index contributed by atoms with van der Waals surface area (Å²) in [6.07, 6.45) is 2.91. The zero-order chi connectivity index (χ0) is 23.3. The highest BCUT2D eigenvalue weighted by Crippen LogP contribution is 2.33. The molecule has 0 saturated carbocycles. The number of H-pyrrole nitrogens is 1. The van der Waals surface area contributed by atoms with Gasteiger partial charge in [-0.25, -0.2) is 19.3 Å². The standard InChI is InChI=1S/C22H14Cl3FN6O/c1-10(31-21-18-20(28-8-27-18)29-9-30-21)15-7-11-5-6-14(26)17(25)16(11)22(33)32(15)19-12(23)3-2-4-13(19)24/h2-10H,1H3,(H2,27,28,29,30,31)/t10-/m1/s1. The van der Waals surface area contributed by atoms with Crippen LogP contribution in [0.3, 0.4) is 0 Å². The first-order chi connectivity index (χ1) is 15.9. The number of benzene rings is 2. The van der Waals surface area contributed by atoms with Gasteiger partial charge in [0.15, 0.2) is 11.5 Å². The Morgan fingerprint density at radius 1 is 1.09 bits per heavy atom. The Morgan fingerprint density at radius 2 is 1.85 bits per heavy atom. The van der Waals surface area contributed by atoms with Gasteiger partial charge in [0.05, 0.1) is 38.5 Å². The van der Waals surface area contributed by atoms with Crippen LogP contribution in [-0.4, -0.2) is 24.5 Å². The molecule has 5 aromatic rings. The number of halogens is 4. The van der Waals surface area contributed by atoms with E-state index in [1.807, 2.05) is 6.92 Å². The molecule has 2 aromatic carbocycles. The van der Waals surface area contributed by atoms with Gasteiger partial charge in [-0.3, -0.25) is 9.36 Å². The van der Waals surface area contributed by atoms with E-state index in [1.165, 1.54) is 29.4 Å². The van der Waals surface area contributed by atoms with Gasteiger partial charge in [0, 0.05) is 5.69 Å². The van der Waals surface area contributed by atoms with E-state index in [0.29, 0.717) is 28.1 Å². The van der Waals surface area contributed by atoms with E-state index in [4.69, 9.17) is 34.8 Å². The molecule has 0 spiro atoms. The fourth-order valence-corrected chi connectivity index (χ4v) is 4.58. The molecule has 0 aliphatic rings. The molecule has 0 radical (unpaired) electrons. The van der Waals surface area contributed by atoms with Gasteiger partial charge in [-0.15, -0.1) is 0 Å². The highest BCUT2D eigenvalue weighted by atomic mass is 35.5. The molecule has 166 valence electrons. The van der Waals surface area contributed by atoms with Crippen molar-refractivity contribution in [1.29, 1.82) is 0 Å². The highest BCUT2D eigenvalue weighted by molar-refractivity contribution is 6.38. The van der Waals surface area contributed by atoms with Gasteiger partial charge in [0.2, 0.25) is 0 Å². The summed E-state index contributed by atoms with van der Waals surface area (Å²) in [5.41, 5.74) is 1.33. The number of imidazole rings is 1. The number of anilines is 1. The van der Waals surface area contributed by atoms with Gasteiger partial charge in [-0.2, -0.15) is 0 Å². The molecule has 33 heavy (non-hydrogen) atoms. The zero-order valence-electron chi connectivity index (χ0n) is 16.9. The molecule has 0 aliphatic carbocycles. The van der Waals surface area contributed by atoms with Crippen LogP contribution in [0.15, 0.2) is 53.8 Å². The third-order valence-corrected chi connectivity index (χ3v) is 6.26. The van der Waals surface area contributed by atoms with E-state index in [1.54, 1.807) is 24.3 Å². The third-order valence-electron chi connectivity index (χ3n) is 5.28. The number of aromatic nitrogens is 5. The van der Waals surface area contributed by atoms with Crippen molar-refractivity contribution >= 4 is 62.6 Å². The van der Waals surface area contributed by atoms with Crippen molar-refractivity contribution in [3.8, 4) is 5.69 Å². The minimum Gasteiger partial charge on any atom is -0.360 e. The number of rotatable bonds is 4. The summed E-state index contributed by atoms with van der Waals surface area (Å²) < 4.78 is 15.6. The van der Waals surface area contributed by atoms with Gasteiger partial charge in [-0.05, 0) is 36.6 Å². The van der Waals surface area contributed by atoms with Crippen LogP contribution >= 0.6 is 34.8 Å². The van der Waals surface area contributed by atoms with Crippen LogP contribution in [0.2, 0.25) is 15.1 Å². The maximum absolute atomic E-state index is 14.2. The maximum Gasteiger partial charge on any atom is 0.264 e. The number of hydrogen-bond donors (Lipinski definition) is 2. The van der Waals surface area contributed by atoms with Crippen LogP contribution in [0.25, 0.3) is 27.6 Å².